The van der Waals surface area contributed by atoms with Gasteiger partial charge in [0.15, 0.2) is 0 Å². The van der Waals surface area contributed by atoms with Crippen molar-refractivity contribution in [2.45, 2.75) is 33.6 Å². The monoisotopic (exact) mass is 174 g/mol. The number of hydrogen-bond donors (Lipinski definition) is 0. The van der Waals surface area contributed by atoms with Crippen LogP contribution in [-0.4, -0.2) is 0 Å². The molecule has 0 unspecified atom stereocenters. The highest BCUT2D eigenvalue weighted by molar-refractivity contribution is 5.54. The van der Waals surface area contributed by atoms with Gasteiger partial charge in [0.25, 0.3) is 0 Å². The molecule has 0 heteroatoms. The lowest BCUT2D eigenvalue weighted by atomic mass is 10.1. The molecule has 0 bridgehead atoms. The molecule has 0 N–H and O–H groups in total. The molecule has 0 saturated heterocycles. The Bertz CT molecular complexity index is 295. The Balaban J connectivity index is 2.77. The molecule has 0 radical (unpaired) electrons. The van der Waals surface area contributed by atoms with Crippen LogP contribution in [0.4, 0.5) is 0 Å². The van der Waals surface area contributed by atoms with Gasteiger partial charge in [0.2, 0.25) is 0 Å². The maximum Gasteiger partial charge on any atom is -0.0230 e. The highest BCUT2D eigenvalue weighted by Gasteiger charge is 1.92. The summed E-state index contributed by atoms with van der Waals surface area (Å²) in [5.74, 6) is 0. The van der Waals surface area contributed by atoms with Gasteiger partial charge in [0.1, 0.15) is 0 Å². The number of rotatable bonds is 3. The third kappa shape index (κ3) is 3.06. The smallest absolute Gasteiger partial charge is 0.0230 e. The van der Waals surface area contributed by atoms with Crippen molar-refractivity contribution in [1.29, 1.82) is 0 Å². The zero-order valence-electron chi connectivity index (χ0n) is 8.80. The Hall–Kier alpha value is -1.04. The SMILES string of the molecule is CCCC=Cc1ccc(C)cc1C. The second kappa shape index (κ2) is 4.86. The average molecular weight is 174 g/mol. The molecule has 1 aromatic carbocycles. The van der Waals surface area contributed by atoms with Crippen LogP contribution in [0.1, 0.15) is 36.5 Å². The summed E-state index contributed by atoms with van der Waals surface area (Å²) in [4.78, 5) is 0. The van der Waals surface area contributed by atoms with Gasteiger partial charge in [0, 0.05) is 0 Å². The average Bonchev–Trinajstić information content (AvgIpc) is 2.09. The molecular formula is C13H18. The lowest BCUT2D eigenvalue weighted by Crippen LogP contribution is -1.81. The van der Waals surface area contributed by atoms with Crippen molar-refractivity contribution in [3.8, 4) is 0 Å². The Morgan fingerprint density at radius 2 is 2.00 bits per heavy atom. The van der Waals surface area contributed by atoms with Gasteiger partial charge >= 0.3 is 0 Å². The van der Waals surface area contributed by atoms with E-state index in [2.05, 4.69) is 51.1 Å². The Kier molecular flexibility index (Phi) is 3.75. The summed E-state index contributed by atoms with van der Waals surface area (Å²) in [5, 5.41) is 0. The van der Waals surface area contributed by atoms with Crippen LogP contribution in [0.3, 0.4) is 0 Å². The van der Waals surface area contributed by atoms with Gasteiger partial charge in [0.05, 0.1) is 0 Å². The fraction of sp³-hybridized carbons (Fsp3) is 0.385. The topological polar surface area (TPSA) is 0 Å². The molecule has 0 spiro atoms. The molecule has 13 heavy (non-hydrogen) atoms. The van der Waals surface area contributed by atoms with E-state index in [4.69, 9.17) is 0 Å². The summed E-state index contributed by atoms with van der Waals surface area (Å²) >= 11 is 0. The third-order valence-corrected chi connectivity index (χ3v) is 2.18. The van der Waals surface area contributed by atoms with Gasteiger partial charge in [-0.2, -0.15) is 0 Å². The van der Waals surface area contributed by atoms with Crippen molar-refractivity contribution in [1.82, 2.24) is 0 Å². The second-order valence-corrected chi connectivity index (χ2v) is 3.55. The highest BCUT2D eigenvalue weighted by Crippen LogP contribution is 2.12. The first-order valence-corrected chi connectivity index (χ1v) is 4.98. The Morgan fingerprint density at radius 1 is 1.23 bits per heavy atom. The van der Waals surface area contributed by atoms with E-state index in [1.807, 2.05) is 0 Å². The van der Waals surface area contributed by atoms with E-state index in [1.165, 1.54) is 29.5 Å². The van der Waals surface area contributed by atoms with Crippen LogP contribution in [0.2, 0.25) is 0 Å². The van der Waals surface area contributed by atoms with Crippen LogP contribution in [0.25, 0.3) is 6.08 Å². The van der Waals surface area contributed by atoms with Crippen molar-refractivity contribution in [2.24, 2.45) is 0 Å². The van der Waals surface area contributed by atoms with E-state index in [9.17, 15) is 0 Å². The third-order valence-electron chi connectivity index (χ3n) is 2.18. The number of unbranched alkanes of at least 4 members (excludes halogenated alkanes) is 1. The summed E-state index contributed by atoms with van der Waals surface area (Å²) in [6.45, 7) is 6.50. The first kappa shape index (κ1) is 10.0. The summed E-state index contributed by atoms with van der Waals surface area (Å²) in [6.07, 6.45) is 6.87. The minimum absolute atomic E-state index is 1.17. The zero-order valence-corrected chi connectivity index (χ0v) is 8.80. The molecular weight excluding hydrogens is 156 g/mol. The molecule has 0 aliphatic carbocycles. The fourth-order valence-corrected chi connectivity index (χ4v) is 1.39. The van der Waals surface area contributed by atoms with Crippen molar-refractivity contribution in [3.63, 3.8) is 0 Å². The maximum absolute atomic E-state index is 2.25. The number of allylic oxidation sites excluding steroid dienone is 1. The fourth-order valence-electron chi connectivity index (χ4n) is 1.39. The Morgan fingerprint density at radius 3 is 2.62 bits per heavy atom. The van der Waals surface area contributed by atoms with E-state index in [1.54, 1.807) is 0 Å². The number of benzene rings is 1. The molecule has 0 fully saturated rings. The minimum Gasteiger partial charge on any atom is -0.0839 e. The van der Waals surface area contributed by atoms with Crippen LogP contribution < -0.4 is 0 Å². The lowest BCUT2D eigenvalue weighted by Gasteiger charge is -2.01. The molecule has 0 aromatic heterocycles. The van der Waals surface area contributed by atoms with E-state index in [-0.39, 0.29) is 0 Å². The normalized spacial score (nSPS) is 11.0. The minimum atomic E-state index is 1.17. The Labute approximate surface area is 81.3 Å². The molecule has 1 rings (SSSR count). The van der Waals surface area contributed by atoms with E-state index in [0.717, 1.165) is 0 Å². The molecule has 70 valence electrons. The lowest BCUT2D eigenvalue weighted by molar-refractivity contribution is 0.962. The number of aryl methyl sites for hydroxylation is 2. The van der Waals surface area contributed by atoms with Crippen molar-refractivity contribution in [2.75, 3.05) is 0 Å². The van der Waals surface area contributed by atoms with Gasteiger partial charge in [-0.15, -0.1) is 0 Å². The van der Waals surface area contributed by atoms with Gasteiger partial charge in [-0.05, 0) is 31.4 Å². The van der Waals surface area contributed by atoms with Gasteiger partial charge in [-0.1, -0.05) is 49.3 Å². The standard InChI is InChI=1S/C13H18/c1-4-5-6-7-13-9-8-11(2)10-12(13)3/h6-10H,4-5H2,1-3H3. The van der Waals surface area contributed by atoms with Crippen LogP contribution in [0.15, 0.2) is 24.3 Å². The quantitative estimate of drug-likeness (QED) is 0.646. The molecule has 0 nitrogen and oxygen atoms in total. The largest absolute Gasteiger partial charge is 0.0839 e. The molecule has 0 aliphatic rings. The first-order valence-electron chi connectivity index (χ1n) is 4.98. The molecule has 0 saturated carbocycles. The summed E-state index contributed by atoms with van der Waals surface area (Å²) < 4.78 is 0. The predicted molar refractivity (Wildman–Crippen MR) is 59.9 cm³/mol. The highest BCUT2D eigenvalue weighted by atomic mass is 14.0. The van der Waals surface area contributed by atoms with Crippen molar-refractivity contribution < 1.29 is 0 Å². The molecule has 0 heterocycles. The summed E-state index contributed by atoms with van der Waals surface area (Å²) in [7, 11) is 0. The van der Waals surface area contributed by atoms with E-state index >= 15 is 0 Å². The molecule has 0 atom stereocenters. The van der Waals surface area contributed by atoms with E-state index in [0.29, 0.717) is 0 Å². The van der Waals surface area contributed by atoms with Gasteiger partial charge in [-0.3, -0.25) is 0 Å². The van der Waals surface area contributed by atoms with Gasteiger partial charge < -0.3 is 0 Å². The maximum atomic E-state index is 2.25. The summed E-state index contributed by atoms with van der Waals surface area (Å²) in [6, 6.07) is 6.58. The van der Waals surface area contributed by atoms with Crippen LogP contribution in [-0.2, 0) is 0 Å². The van der Waals surface area contributed by atoms with Crippen molar-refractivity contribution in [3.05, 3.63) is 41.0 Å². The van der Waals surface area contributed by atoms with Crippen LogP contribution in [0, 0.1) is 13.8 Å². The van der Waals surface area contributed by atoms with Crippen LogP contribution >= 0.6 is 0 Å². The second-order valence-electron chi connectivity index (χ2n) is 3.55. The van der Waals surface area contributed by atoms with Gasteiger partial charge in [-0.25, -0.2) is 0 Å². The van der Waals surface area contributed by atoms with E-state index < -0.39 is 0 Å². The first-order chi connectivity index (χ1) is 6.24. The number of hydrogen-bond acceptors (Lipinski definition) is 0. The molecule has 1 aromatic rings. The summed E-state index contributed by atoms with van der Waals surface area (Å²) in [5.41, 5.74) is 4.05. The zero-order chi connectivity index (χ0) is 9.68. The van der Waals surface area contributed by atoms with Crippen LogP contribution in [0.5, 0.6) is 0 Å². The molecule has 0 aliphatic heterocycles. The predicted octanol–water partition coefficient (Wildman–Crippen LogP) is 4.12. The van der Waals surface area contributed by atoms with Crippen molar-refractivity contribution >= 4 is 6.08 Å². The molecule has 0 amide bonds.